The van der Waals surface area contributed by atoms with Gasteiger partial charge in [0, 0.05) is 6.42 Å². The predicted octanol–water partition coefficient (Wildman–Crippen LogP) is 3.28. The van der Waals surface area contributed by atoms with Gasteiger partial charge in [-0.25, -0.2) is 0 Å². The molecule has 1 aromatic rings. The highest BCUT2D eigenvalue weighted by Gasteiger charge is 2.18. The maximum atomic E-state index is 11.9. The Morgan fingerprint density at radius 3 is 2.63 bits per heavy atom. The fourth-order valence-electron chi connectivity index (χ4n) is 2.13. The van der Waals surface area contributed by atoms with Gasteiger partial charge >= 0.3 is 0 Å². The van der Waals surface area contributed by atoms with Gasteiger partial charge in [0.25, 0.3) is 0 Å². The van der Waals surface area contributed by atoms with Crippen molar-refractivity contribution in [2.45, 2.75) is 38.4 Å². The van der Waals surface area contributed by atoms with E-state index in [2.05, 4.69) is 12.2 Å². The fraction of sp³-hybridized carbons (Fsp3) is 0.438. The molecule has 0 unspecified atom stereocenters. The Labute approximate surface area is 114 Å². The summed E-state index contributed by atoms with van der Waals surface area (Å²) in [5.41, 5.74) is 1.06. The summed E-state index contributed by atoms with van der Waals surface area (Å²) in [4.78, 5) is 11.9. The third-order valence-corrected chi connectivity index (χ3v) is 3.29. The SMILES string of the molecule is COc1ccc(CO[C@@H]2CCC=CCCC2=O)cc1. The molecule has 0 bridgehead atoms. The minimum atomic E-state index is -0.257. The number of allylic oxidation sites excluding steroid dienone is 2. The quantitative estimate of drug-likeness (QED) is 0.779. The van der Waals surface area contributed by atoms with E-state index >= 15 is 0 Å². The zero-order chi connectivity index (χ0) is 13.5. The summed E-state index contributed by atoms with van der Waals surface area (Å²) >= 11 is 0. The maximum absolute atomic E-state index is 11.9. The standard InChI is InChI=1S/C16H20O3/c1-18-14-10-8-13(9-11-14)12-19-16-7-5-3-2-4-6-15(16)17/h2-3,8-11,16H,4-7,12H2,1H3/t16-/m1/s1. The van der Waals surface area contributed by atoms with Crippen molar-refractivity contribution in [1.29, 1.82) is 0 Å². The average Bonchev–Trinajstić information content (AvgIpc) is 2.43. The summed E-state index contributed by atoms with van der Waals surface area (Å²) in [6, 6.07) is 7.74. The van der Waals surface area contributed by atoms with Crippen LogP contribution in [0.25, 0.3) is 0 Å². The Balaban J connectivity index is 1.88. The smallest absolute Gasteiger partial charge is 0.161 e. The van der Waals surface area contributed by atoms with E-state index < -0.39 is 0 Å². The van der Waals surface area contributed by atoms with Crippen LogP contribution in [0.15, 0.2) is 36.4 Å². The normalized spacial score (nSPS) is 19.8. The number of ketones is 1. The topological polar surface area (TPSA) is 35.5 Å². The van der Waals surface area contributed by atoms with E-state index in [1.807, 2.05) is 24.3 Å². The number of ether oxygens (including phenoxy) is 2. The van der Waals surface area contributed by atoms with Crippen LogP contribution in [0.4, 0.5) is 0 Å². The highest BCUT2D eigenvalue weighted by molar-refractivity contribution is 5.83. The number of hydrogen-bond donors (Lipinski definition) is 0. The molecule has 0 N–H and O–H groups in total. The van der Waals surface area contributed by atoms with E-state index in [0.29, 0.717) is 13.0 Å². The first-order valence-corrected chi connectivity index (χ1v) is 6.72. The number of methoxy groups -OCH3 is 1. The van der Waals surface area contributed by atoms with Crippen molar-refractivity contribution in [3.63, 3.8) is 0 Å². The molecule has 1 aliphatic rings. The number of hydrogen-bond acceptors (Lipinski definition) is 3. The Hall–Kier alpha value is -1.61. The van der Waals surface area contributed by atoms with Crippen LogP contribution in [-0.2, 0) is 16.1 Å². The van der Waals surface area contributed by atoms with E-state index in [9.17, 15) is 4.79 Å². The number of carbonyl (C=O) groups is 1. The molecule has 0 saturated heterocycles. The molecule has 0 fully saturated rings. The van der Waals surface area contributed by atoms with Gasteiger partial charge in [-0.05, 0) is 37.0 Å². The molecule has 1 atom stereocenters. The van der Waals surface area contributed by atoms with Crippen molar-refractivity contribution in [2.24, 2.45) is 0 Å². The van der Waals surface area contributed by atoms with Gasteiger partial charge in [-0.2, -0.15) is 0 Å². The Morgan fingerprint density at radius 2 is 1.89 bits per heavy atom. The van der Waals surface area contributed by atoms with E-state index in [1.165, 1.54) is 0 Å². The lowest BCUT2D eigenvalue weighted by atomic mass is 10.0. The summed E-state index contributed by atoms with van der Waals surface area (Å²) in [5, 5.41) is 0. The Kier molecular flexibility index (Phi) is 5.16. The van der Waals surface area contributed by atoms with Gasteiger partial charge in [0.15, 0.2) is 5.78 Å². The van der Waals surface area contributed by atoms with Gasteiger partial charge in [0.2, 0.25) is 0 Å². The highest BCUT2D eigenvalue weighted by Crippen LogP contribution is 2.16. The number of Topliss-reactive ketones (excluding diaryl/α,β-unsaturated/α-hetero) is 1. The van der Waals surface area contributed by atoms with E-state index in [4.69, 9.17) is 9.47 Å². The molecule has 0 saturated carbocycles. The summed E-state index contributed by atoms with van der Waals surface area (Å²) in [7, 11) is 1.65. The van der Waals surface area contributed by atoms with Crippen LogP contribution in [0.1, 0.15) is 31.2 Å². The molecule has 3 heteroatoms. The summed E-state index contributed by atoms with van der Waals surface area (Å²) in [6.07, 6.45) is 7.08. The Morgan fingerprint density at radius 1 is 1.16 bits per heavy atom. The summed E-state index contributed by atoms with van der Waals surface area (Å²) in [6.45, 7) is 0.476. The zero-order valence-electron chi connectivity index (χ0n) is 11.3. The van der Waals surface area contributed by atoms with Crippen molar-refractivity contribution in [3.05, 3.63) is 42.0 Å². The first-order chi connectivity index (χ1) is 9.29. The van der Waals surface area contributed by atoms with Crippen LogP contribution < -0.4 is 4.74 Å². The van der Waals surface area contributed by atoms with Crippen LogP contribution >= 0.6 is 0 Å². The van der Waals surface area contributed by atoms with Crippen molar-refractivity contribution < 1.29 is 14.3 Å². The third kappa shape index (κ3) is 4.21. The maximum Gasteiger partial charge on any atom is 0.161 e. The van der Waals surface area contributed by atoms with Crippen LogP contribution in [0.3, 0.4) is 0 Å². The number of benzene rings is 1. The molecule has 102 valence electrons. The summed E-state index contributed by atoms with van der Waals surface area (Å²) in [5.74, 6) is 1.05. The van der Waals surface area contributed by atoms with Crippen molar-refractivity contribution in [2.75, 3.05) is 7.11 Å². The van der Waals surface area contributed by atoms with Crippen LogP contribution in [-0.4, -0.2) is 19.0 Å². The second kappa shape index (κ2) is 7.10. The van der Waals surface area contributed by atoms with Gasteiger partial charge in [-0.15, -0.1) is 0 Å². The zero-order valence-corrected chi connectivity index (χ0v) is 11.3. The molecule has 2 rings (SSSR count). The molecule has 0 aromatic heterocycles. The van der Waals surface area contributed by atoms with Gasteiger partial charge in [-0.3, -0.25) is 4.79 Å². The van der Waals surface area contributed by atoms with Gasteiger partial charge < -0.3 is 9.47 Å². The molecule has 0 aliphatic heterocycles. The largest absolute Gasteiger partial charge is 0.497 e. The summed E-state index contributed by atoms with van der Waals surface area (Å²) < 4.78 is 10.9. The second-order valence-electron chi connectivity index (χ2n) is 4.70. The van der Waals surface area contributed by atoms with Gasteiger partial charge in [-0.1, -0.05) is 24.3 Å². The molecule has 0 heterocycles. The lowest BCUT2D eigenvalue weighted by Crippen LogP contribution is -2.24. The molecule has 3 nitrogen and oxygen atoms in total. The minimum Gasteiger partial charge on any atom is -0.497 e. The Bertz CT molecular complexity index is 434. The molecule has 0 amide bonds. The van der Waals surface area contributed by atoms with E-state index in [1.54, 1.807) is 7.11 Å². The van der Waals surface area contributed by atoms with Crippen molar-refractivity contribution in [3.8, 4) is 5.75 Å². The van der Waals surface area contributed by atoms with Crippen LogP contribution in [0.2, 0.25) is 0 Å². The van der Waals surface area contributed by atoms with Crippen molar-refractivity contribution >= 4 is 5.78 Å². The molecular weight excluding hydrogens is 240 g/mol. The van der Waals surface area contributed by atoms with Gasteiger partial charge in [0.05, 0.1) is 13.7 Å². The number of carbonyl (C=O) groups excluding carboxylic acids is 1. The monoisotopic (exact) mass is 260 g/mol. The van der Waals surface area contributed by atoms with E-state index in [0.717, 1.165) is 30.6 Å². The lowest BCUT2D eigenvalue weighted by Gasteiger charge is -2.17. The molecule has 1 aromatic carbocycles. The average molecular weight is 260 g/mol. The van der Waals surface area contributed by atoms with Crippen LogP contribution in [0, 0.1) is 0 Å². The van der Waals surface area contributed by atoms with Crippen LogP contribution in [0.5, 0.6) is 5.75 Å². The molecule has 0 radical (unpaired) electrons. The molecular formula is C16H20O3. The number of rotatable bonds is 4. The molecule has 0 spiro atoms. The second-order valence-corrected chi connectivity index (χ2v) is 4.70. The fourth-order valence-corrected chi connectivity index (χ4v) is 2.13. The van der Waals surface area contributed by atoms with Crippen molar-refractivity contribution in [1.82, 2.24) is 0 Å². The first kappa shape index (κ1) is 13.8. The lowest BCUT2D eigenvalue weighted by molar-refractivity contribution is -0.131. The van der Waals surface area contributed by atoms with Gasteiger partial charge in [0.1, 0.15) is 11.9 Å². The molecule has 19 heavy (non-hydrogen) atoms. The third-order valence-electron chi connectivity index (χ3n) is 3.29. The van der Waals surface area contributed by atoms with E-state index in [-0.39, 0.29) is 11.9 Å². The molecule has 1 aliphatic carbocycles. The highest BCUT2D eigenvalue weighted by atomic mass is 16.5. The minimum absolute atomic E-state index is 0.220. The predicted molar refractivity (Wildman–Crippen MR) is 74.2 cm³/mol. The first-order valence-electron chi connectivity index (χ1n) is 6.72.